The van der Waals surface area contributed by atoms with Gasteiger partial charge in [0.05, 0.1) is 24.3 Å². The molecular formula is C54H66N2O4. The van der Waals surface area contributed by atoms with Gasteiger partial charge >= 0.3 is 6.03 Å². The predicted molar refractivity (Wildman–Crippen MR) is 238 cm³/mol. The summed E-state index contributed by atoms with van der Waals surface area (Å²) in [6.45, 7) is 12.6. The van der Waals surface area contributed by atoms with Crippen molar-refractivity contribution in [2.45, 2.75) is 117 Å². The number of Topliss-reactive ketones (excluding diaryl/α,β-unsaturated/α-hetero) is 1. The van der Waals surface area contributed by atoms with E-state index in [1.807, 2.05) is 53.4 Å². The lowest BCUT2D eigenvalue weighted by Crippen LogP contribution is -2.67. The van der Waals surface area contributed by atoms with Gasteiger partial charge in [0, 0.05) is 33.9 Å². The zero-order chi connectivity index (χ0) is 41.9. The van der Waals surface area contributed by atoms with E-state index < -0.39 is 27.9 Å². The number of aliphatic hydroxyl groups excluding tert-OH is 1. The molecule has 3 N–H and O–H groups in total. The molecule has 12 unspecified atom stereocenters. The Labute approximate surface area is 357 Å². The maximum absolute atomic E-state index is 15.3. The number of aliphatic hydroxyl groups is 2. The van der Waals surface area contributed by atoms with Gasteiger partial charge in [-0.3, -0.25) is 4.79 Å². The van der Waals surface area contributed by atoms with Crippen molar-refractivity contribution in [3.8, 4) is 11.1 Å². The molecule has 4 bridgehead atoms. The van der Waals surface area contributed by atoms with E-state index in [4.69, 9.17) is 0 Å². The molecule has 6 nitrogen and oxygen atoms in total. The fraction of sp³-hybridized carbons (Fsp3) is 0.556. The molecule has 2 spiro atoms. The minimum absolute atomic E-state index is 0.0138. The van der Waals surface area contributed by atoms with E-state index in [0.29, 0.717) is 36.8 Å². The van der Waals surface area contributed by atoms with Gasteiger partial charge in [-0.05, 0) is 128 Å². The van der Waals surface area contributed by atoms with E-state index in [-0.39, 0.29) is 47.1 Å². The van der Waals surface area contributed by atoms with Crippen LogP contribution in [0.2, 0.25) is 0 Å². The molecule has 9 aliphatic rings. The molecule has 2 amide bonds. The number of hydrogen-bond acceptors (Lipinski definition) is 4. The minimum atomic E-state index is -1.13. The first-order valence-corrected chi connectivity index (χ1v) is 23.3. The number of rotatable bonds is 9. The highest BCUT2D eigenvalue weighted by molar-refractivity contribution is 6.10. The van der Waals surface area contributed by atoms with E-state index in [9.17, 15) is 15.0 Å². The molecule has 6 heteroatoms. The minimum Gasteiger partial charge on any atom is -0.393 e. The smallest absolute Gasteiger partial charge is 0.317 e. The molecule has 3 aromatic carbocycles. The molecule has 12 rings (SSSR count). The lowest BCUT2D eigenvalue weighted by atomic mass is 9.32. The number of hydrogen-bond donors (Lipinski definition) is 3. The fourth-order valence-corrected chi connectivity index (χ4v) is 15.3. The van der Waals surface area contributed by atoms with Gasteiger partial charge < -0.3 is 20.4 Å². The summed E-state index contributed by atoms with van der Waals surface area (Å²) in [5, 5.41) is 28.0. The largest absolute Gasteiger partial charge is 0.393 e. The number of nitrogens with zero attached hydrogens (tertiary/aromatic N) is 1. The molecule has 12 atom stereocenters. The van der Waals surface area contributed by atoms with Crippen LogP contribution in [-0.4, -0.2) is 51.7 Å². The van der Waals surface area contributed by atoms with Crippen molar-refractivity contribution in [2.75, 3.05) is 13.1 Å². The average molecular weight is 807 g/mol. The van der Waals surface area contributed by atoms with Crippen molar-refractivity contribution in [2.24, 2.45) is 56.7 Å². The molecule has 0 saturated heterocycles. The summed E-state index contributed by atoms with van der Waals surface area (Å²) in [6, 6.07) is 28.3. The molecule has 0 aliphatic heterocycles. The zero-order valence-corrected chi connectivity index (χ0v) is 36.5. The van der Waals surface area contributed by atoms with Crippen molar-refractivity contribution in [1.29, 1.82) is 0 Å². The SMILES string of the molecule is CC(NC(=O)N(CC1CCC2CC1C2(C)C)CC1(O)CCC2C34C=CC5(C=C3C(=O)c3ccc(-c6ccccc6)cc3)CC(O)CCC5(C)C4CCC21C)c1ccccc1. The summed E-state index contributed by atoms with van der Waals surface area (Å²) in [7, 11) is 0. The number of allylic oxidation sites excluding steroid dienone is 4. The average Bonchev–Trinajstić information content (AvgIpc) is 3.53. The Morgan fingerprint density at radius 1 is 0.783 bits per heavy atom. The summed E-state index contributed by atoms with van der Waals surface area (Å²) >= 11 is 0. The fourth-order valence-electron chi connectivity index (χ4n) is 15.3. The van der Waals surface area contributed by atoms with Crippen LogP contribution in [0.25, 0.3) is 11.1 Å². The third kappa shape index (κ3) is 5.71. The molecule has 6 saturated carbocycles. The van der Waals surface area contributed by atoms with Crippen LogP contribution >= 0.6 is 0 Å². The molecular weight excluding hydrogens is 741 g/mol. The number of nitrogens with one attached hydrogen (secondary N) is 1. The first kappa shape index (κ1) is 40.1. The second-order valence-electron chi connectivity index (χ2n) is 21.7. The zero-order valence-electron chi connectivity index (χ0n) is 36.5. The van der Waals surface area contributed by atoms with Crippen LogP contribution in [0.4, 0.5) is 4.79 Å². The normalized spacial score (nSPS) is 39.6. The van der Waals surface area contributed by atoms with Crippen LogP contribution in [0.3, 0.4) is 0 Å². The summed E-state index contributed by atoms with van der Waals surface area (Å²) < 4.78 is 0. The molecule has 0 aromatic heterocycles. The quantitative estimate of drug-likeness (QED) is 0.148. The number of benzene rings is 3. The molecule has 9 aliphatic carbocycles. The number of amides is 2. The Hall–Kier alpha value is -4.00. The van der Waals surface area contributed by atoms with Gasteiger partial charge in [-0.2, -0.15) is 0 Å². The Bertz CT molecular complexity index is 2210. The van der Waals surface area contributed by atoms with Crippen molar-refractivity contribution in [3.05, 3.63) is 120 Å². The van der Waals surface area contributed by atoms with Crippen molar-refractivity contribution in [3.63, 3.8) is 0 Å². The first-order chi connectivity index (χ1) is 28.6. The Balaban J connectivity index is 1.01. The van der Waals surface area contributed by atoms with Crippen LogP contribution in [0.15, 0.2) is 109 Å². The van der Waals surface area contributed by atoms with E-state index in [2.05, 4.69) is 94.6 Å². The summed E-state index contributed by atoms with van der Waals surface area (Å²) in [5.74, 6) is 2.04. The Kier molecular flexibility index (Phi) is 9.36. The molecule has 0 heterocycles. The van der Waals surface area contributed by atoms with Gasteiger partial charge in [-0.1, -0.05) is 131 Å². The standard InChI is InChI=1S/C54H66N2O4/c1-35(36-12-8-6-9-13-36)55-48(59)56(33-40-20-21-41-30-43(40)49(41,2)3)34-53(60)27-24-46-51(53,5)26-23-45-50(4)25-22-42(57)31-52(50)28-29-54(45,46)44(32-52)47(58)39-18-16-38(17-19-39)37-14-10-7-11-15-37/h6-19,28-29,32,35,40-43,45-46,57,60H,20-27,30-31,33-34H2,1-5H3,(H,55,59). The number of ketones is 1. The van der Waals surface area contributed by atoms with Gasteiger partial charge in [0.15, 0.2) is 5.78 Å². The second kappa shape index (κ2) is 14.0. The van der Waals surface area contributed by atoms with Gasteiger partial charge in [-0.25, -0.2) is 4.79 Å². The third-order valence-corrected chi connectivity index (χ3v) is 19.0. The van der Waals surface area contributed by atoms with Gasteiger partial charge in [-0.15, -0.1) is 0 Å². The molecule has 6 fully saturated rings. The van der Waals surface area contributed by atoms with Gasteiger partial charge in [0.25, 0.3) is 0 Å². The summed E-state index contributed by atoms with van der Waals surface area (Å²) in [4.78, 5) is 32.0. The van der Waals surface area contributed by atoms with Crippen LogP contribution in [0.5, 0.6) is 0 Å². The van der Waals surface area contributed by atoms with Gasteiger partial charge in [0.1, 0.15) is 0 Å². The highest BCUT2D eigenvalue weighted by atomic mass is 16.3. The summed E-state index contributed by atoms with van der Waals surface area (Å²) in [6.07, 6.45) is 15.7. The van der Waals surface area contributed by atoms with Gasteiger partial charge in [0.2, 0.25) is 0 Å². The number of fused-ring (bicyclic) bond motifs is 3. The third-order valence-electron chi connectivity index (χ3n) is 19.0. The topological polar surface area (TPSA) is 89.9 Å². The highest BCUT2D eigenvalue weighted by Crippen LogP contribution is 2.78. The van der Waals surface area contributed by atoms with E-state index >= 15 is 4.79 Å². The van der Waals surface area contributed by atoms with E-state index in [1.54, 1.807) is 0 Å². The Morgan fingerprint density at radius 3 is 2.13 bits per heavy atom. The van der Waals surface area contributed by atoms with Crippen LogP contribution in [0.1, 0.15) is 121 Å². The van der Waals surface area contributed by atoms with Crippen LogP contribution in [-0.2, 0) is 0 Å². The lowest BCUT2D eigenvalue weighted by molar-refractivity contribution is -0.176. The van der Waals surface area contributed by atoms with Crippen LogP contribution < -0.4 is 5.32 Å². The maximum Gasteiger partial charge on any atom is 0.317 e. The first-order valence-electron chi connectivity index (χ1n) is 23.3. The number of carbonyl (C=O) groups excluding carboxylic acids is 2. The van der Waals surface area contributed by atoms with Crippen molar-refractivity contribution < 1.29 is 19.8 Å². The number of carbonyl (C=O) groups is 2. The lowest BCUT2D eigenvalue weighted by Gasteiger charge is -2.71. The monoisotopic (exact) mass is 807 g/mol. The number of urea groups is 1. The highest BCUT2D eigenvalue weighted by Gasteiger charge is 2.74. The van der Waals surface area contributed by atoms with Crippen molar-refractivity contribution in [1.82, 2.24) is 10.2 Å². The maximum atomic E-state index is 15.3. The van der Waals surface area contributed by atoms with E-state index in [0.717, 1.165) is 66.7 Å². The van der Waals surface area contributed by atoms with Crippen LogP contribution in [0, 0.1) is 56.7 Å². The summed E-state index contributed by atoms with van der Waals surface area (Å²) in [5.41, 5.74) is 2.36. The van der Waals surface area contributed by atoms with E-state index in [1.165, 1.54) is 12.8 Å². The molecule has 3 aromatic rings. The Morgan fingerprint density at radius 2 is 1.43 bits per heavy atom. The van der Waals surface area contributed by atoms with Crippen molar-refractivity contribution >= 4 is 11.8 Å². The second-order valence-corrected chi connectivity index (χ2v) is 21.7. The molecule has 0 radical (unpaired) electrons. The predicted octanol–water partition coefficient (Wildman–Crippen LogP) is 11.0. The molecule has 316 valence electrons. The molecule has 60 heavy (non-hydrogen) atoms.